The third-order valence-electron chi connectivity index (χ3n) is 12.9. The van der Waals surface area contributed by atoms with E-state index in [-0.39, 0.29) is 43.1 Å². The zero-order chi connectivity index (χ0) is 60.2. The van der Waals surface area contributed by atoms with Gasteiger partial charge in [0, 0.05) is 65.0 Å². The Balaban J connectivity index is 1.44. The van der Waals surface area contributed by atoms with Gasteiger partial charge in [-0.25, -0.2) is 4.79 Å². The van der Waals surface area contributed by atoms with Gasteiger partial charge in [0.2, 0.25) is 59.1 Å². The lowest BCUT2D eigenvalue weighted by molar-refractivity contribution is -0.141. The predicted molar refractivity (Wildman–Crippen MR) is 307 cm³/mol. The first-order valence-corrected chi connectivity index (χ1v) is 27.2. The summed E-state index contributed by atoms with van der Waals surface area (Å²) < 4.78 is 0. The molecule has 2 heterocycles. The molecule has 0 fully saturated rings. The summed E-state index contributed by atoms with van der Waals surface area (Å²) in [5, 5.41) is 41.1. The Morgan fingerprint density at radius 3 is 1.27 bits per heavy atom. The van der Waals surface area contributed by atoms with Gasteiger partial charge in [-0.1, -0.05) is 80.6 Å². The lowest BCUT2D eigenvalue weighted by Gasteiger charge is -2.28. The van der Waals surface area contributed by atoms with Crippen LogP contribution in [-0.4, -0.2) is 158 Å². The molecule has 0 aliphatic heterocycles. The number of aliphatic carboxylic acids is 1. The number of hydrogen-bond acceptors (Lipinski definition) is 15. The molecule has 5 aromatic rings. The summed E-state index contributed by atoms with van der Waals surface area (Å²) in [4.78, 5) is 154. The maximum Gasteiger partial charge on any atom is 0.327 e. The minimum atomic E-state index is -1.82. The zero-order valence-electron chi connectivity index (χ0n) is 44.8. The van der Waals surface area contributed by atoms with Gasteiger partial charge in [0.25, 0.3) is 0 Å². The number of para-hydroxylation sites is 2. The summed E-state index contributed by atoms with van der Waals surface area (Å²) in [6.45, 7) is 2.33. The Morgan fingerprint density at radius 1 is 0.476 bits per heavy atom. The number of fused-ring (bicyclic) bond motifs is 2. The summed E-state index contributed by atoms with van der Waals surface area (Å²) in [5.74, 6) is -12.2. The van der Waals surface area contributed by atoms with Crippen LogP contribution < -0.4 is 59.7 Å². The van der Waals surface area contributed by atoms with Crippen LogP contribution in [0.2, 0.25) is 0 Å². The van der Waals surface area contributed by atoms with Crippen LogP contribution in [0.1, 0.15) is 49.8 Å². The van der Waals surface area contributed by atoms with Crippen LogP contribution in [0.4, 0.5) is 0 Å². The van der Waals surface area contributed by atoms with Crippen molar-refractivity contribution in [1.82, 2.24) is 52.5 Å². The molecule has 0 spiro atoms. The van der Waals surface area contributed by atoms with Crippen molar-refractivity contribution < 1.29 is 63.0 Å². The summed E-state index contributed by atoms with van der Waals surface area (Å²) in [6.07, 6.45) is 1.02. The molecule has 5 rings (SSSR count). The predicted octanol–water partition coefficient (Wildman–Crippen LogP) is -2.38. The van der Waals surface area contributed by atoms with Crippen molar-refractivity contribution in [3.63, 3.8) is 0 Å². The maximum atomic E-state index is 14.9. The summed E-state index contributed by atoms with van der Waals surface area (Å²) in [7, 11) is 0. The highest BCUT2D eigenvalue weighted by Gasteiger charge is 2.36. The van der Waals surface area contributed by atoms with Crippen molar-refractivity contribution in [1.29, 1.82) is 0 Å². The van der Waals surface area contributed by atoms with Crippen molar-refractivity contribution in [3.05, 3.63) is 108 Å². The molecule has 0 unspecified atom stereocenters. The molecule has 0 aliphatic carbocycles. The first-order chi connectivity index (χ1) is 39.0. The number of carbonyl (C=O) groups is 11. The van der Waals surface area contributed by atoms with Crippen molar-refractivity contribution in [2.75, 3.05) is 18.1 Å². The zero-order valence-corrected chi connectivity index (χ0v) is 46.6. The number of carbonyl (C=O) groups excluding carboxylic acids is 10. The number of benzene rings is 3. The van der Waals surface area contributed by atoms with Gasteiger partial charge >= 0.3 is 5.97 Å². The molecule has 9 atom stereocenters. The van der Waals surface area contributed by atoms with Gasteiger partial charge in [-0.3, -0.25) is 47.9 Å². The van der Waals surface area contributed by atoms with E-state index in [9.17, 15) is 63.0 Å². The Morgan fingerprint density at radius 2 is 0.841 bits per heavy atom. The van der Waals surface area contributed by atoms with Crippen LogP contribution >= 0.6 is 25.3 Å². The minimum Gasteiger partial charge on any atom is -0.480 e. The van der Waals surface area contributed by atoms with E-state index in [1.54, 1.807) is 105 Å². The molecule has 2 aromatic heterocycles. The van der Waals surface area contributed by atoms with E-state index in [1.165, 1.54) is 0 Å². The quantitative estimate of drug-likeness (QED) is 0.0200. The number of aliphatic hydroxyl groups is 1. The Labute approximate surface area is 481 Å². The first kappa shape index (κ1) is 64.4. The Hall–Kier alpha value is -8.47. The van der Waals surface area contributed by atoms with Crippen molar-refractivity contribution in [3.8, 4) is 0 Å². The standard InChI is InChI=1S/C54H69N13O13S2/c1-27(2)16-36(61-53(78)42(24-68)66-52(77)40(20-44(56)69)60-46(71)33(55)25-81)47(72)65-41(21-45(57)70)51(76)64-38(18-29-22-58-34-14-8-6-12-31(29)34)49(74)62-37(17-28-10-4-3-5-11-28)48(73)63-39(50(75)67-43(26-82)54(79)80)19-30-23-59-35-15-9-7-13-32(30)35/h3-15,22-23,27,33,36-43,58-59,68,81-82H,16-21,24-26,55H2,1-2H3,(H2,56,69)(H2,57,70)(H,60,71)(H,61,78)(H,62,74)(H,63,73)(H,64,76)(H,65,72)(H,66,77)(H,67,75)(H,79,80)/t33-,36-,37-,38-,39-,40-,41-,42-,43-/m0/s1. The third-order valence-corrected chi connectivity index (χ3v) is 13.7. The fourth-order valence-corrected chi connectivity index (χ4v) is 9.10. The molecule has 0 radical (unpaired) electrons. The van der Waals surface area contributed by atoms with Crippen molar-refractivity contribution >= 4 is 112 Å². The van der Waals surface area contributed by atoms with Crippen LogP contribution in [-0.2, 0) is 72.0 Å². The topological polar surface area (TPSA) is 434 Å². The van der Waals surface area contributed by atoms with Gasteiger partial charge in [-0.2, -0.15) is 25.3 Å². The minimum absolute atomic E-state index is 0.118. The van der Waals surface area contributed by atoms with Crippen LogP contribution in [0.15, 0.2) is 91.3 Å². The van der Waals surface area contributed by atoms with E-state index in [0.29, 0.717) is 27.6 Å². The molecular weight excluding hydrogens is 1100 g/mol. The number of hydrogen-bond donors (Lipinski definition) is 17. The monoisotopic (exact) mass is 1170 g/mol. The molecular formula is C54H69N13O13S2. The highest BCUT2D eigenvalue weighted by Crippen LogP contribution is 2.22. The number of aliphatic hydroxyl groups excluding tert-OH is 1. The number of rotatable bonds is 32. The molecule has 440 valence electrons. The molecule has 0 bridgehead atoms. The number of amides is 10. The van der Waals surface area contributed by atoms with Gasteiger partial charge in [0.05, 0.1) is 25.5 Å². The lowest BCUT2D eigenvalue weighted by Crippen LogP contribution is -2.61. The summed E-state index contributed by atoms with van der Waals surface area (Å²) >= 11 is 8.02. The number of carboxylic acid groups (broad SMARTS) is 1. The van der Waals surface area contributed by atoms with E-state index < -0.39 is 139 Å². The van der Waals surface area contributed by atoms with E-state index in [4.69, 9.17) is 17.2 Å². The average molecular weight is 1170 g/mol. The summed E-state index contributed by atoms with van der Waals surface area (Å²) in [5.41, 5.74) is 19.6. The number of H-pyrrole nitrogens is 2. The molecule has 0 saturated heterocycles. The van der Waals surface area contributed by atoms with Gasteiger partial charge in [0.1, 0.15) is 48.3 Å². The molecule has 18 N–H and O–H groups in total. The maximum absolute atomic E-state index is 14.9. The van der Waals surface area contributed by atoms with Crippen LogP contribution in [0, 0.1) is 5.92 Å². The van der Waals surface area contributed by atoms with Crippen LogP contribution in [0.25, 0.3) is 21.8 Å². The first-order valence-electron chi connectivity index (χ1n) is 26.0. The van der Waals surface area contributed by atoms with E-state index >= 15 is 0 Å². The number of nitrogens with two attached hydrogens (primary N) is 3. The van der Waals surface area contributed by atoms with Gasteiger partial charge < -0.3 is 79.9 Å². The molecule has 3 aromatic carbocycles. The number of nitrogens with one attached hydrogen (secondary N) is 10. The fraction of sp³-hybridized carbons (Fsp3) is 0.389. The normalized spacial score (nSPS) is 14.5. The average Bonchev–Trinajstić information content (AvgIpc) is 4.17. The van der Waals surface area contributed by atoms with Gasteiger partial charge in [0.15, 0.2) is 0 Å². The second kappa shape index (κ2) is 30.9. The summed E-state index contributed by atoms with van der Waals surface area (Å²) in [6, 6.07) is 8.89. The van der Waals surface area contributed by atoms with Crippen LogP contribution in [0.5, 0.6) is 0 Å². The highest BCUT2D eigenvalue weighted by molar-refractivity contribution is 7.80. The lowest BCUT2D eigenvalue weighted by atomic mass is 10.00. The smallest absolute Gasteiger partial charge is 0.327 e. The molecule has 26 nitrogen and oxygen atoms in total. The van der Waals surface area contributed by atoms with Gasteiger partial charge in [-0.05, 0) is 41.2 Å². The van der Waals surface area contributed by atoms with Crippen molar-refractivity contribution in [2.24, 2.45) is 23.1 Å². The van der Waals surface area contributed by atoms with E-state index in [2.05, 4.69) is 77.8 Å². The molecule has 0 aliphatic rings. The second-order valence-electron chi connectivity index (χ2n) is 19.8. The number of thiol groups is 2. The van der Waals surface area contributed by atoms with E-state index in [1.807, 2.05) is 0 Å². The number of primary amides is 2. The van der Waals surface area contributed by atoms with E-state index in [0.717, 1.165) is 10.9 Å². The number of carboxylic acids is 1. The molecule has 28 heteroatoms. The Bertz CT molecular complexity index is 3100. The highest BCUT2D eigenvalue weighted by atomic mass is 32.1. The van der Waals surface area contributed by atoms with Crippen LogP contribution in [0.3, 0.4) is 0 Å². The fourth-order valence-electron chi connectivity index (χ4n) is 8.69. The largest absolute Gasteiger partial charge is 0.480 e. The second-order valence-corrected chi connectivity index (χ2v) is 20.5. The molecule has 10 amide bonds. The van der Waals surface area contributed by atoms with Gasteiger partial charge in [-0.15, -0.1) is 0 Å². The van der Waals surface area contributed by atoms with Crippen molar-refractivity contribution in [2.45, 2.75) is 107 Å². The Kier molecular flexibility index (Phi) is 24.3. The molecule has 82 heavy (non-hydrogen) atoms. The SMILES string of the molecule is CC(C)C[C@H](NC(=O)[C@H](CO)NC(=O)[C@H](CC(N)=O)NC(=O)[C@@H](N)CS)C(=O)N[C@@H](CC(N)=O)C(=O)N[C@@H](Cc1c[nH]c2ccccc12)C(=O)N[C@@H](Cc1ccccc1)C(=O)N[C@@H](Cc1c[nH]c2ccccc12)C(=O)N[C@@H](CS)C(=O)O. The number of aromatic nitrogens is 2. The third kappa shape index (κ3) is 18.8. The molecule has 0 saturated carbocycles. The number of aromatic amines is 2.